The van der Waals surface area contributed by atoms with Gasteiger partial charge in [-0.2, -0.15) is 0 Å². The predicted octanol–water partition coefficient (Wildman–Crippen LogP) is 3.88. The summed E-state index contributed by atoms with van der Waals surface area (Å²) in [5.41, 5.74) is 2.64. The maximum Gasteiger partial charge on any atom is 0.0462 e. The van der Waals surface area contributed by atoms with E-state index in [0.717, 1.165) is 13.1 Å². The van der Waals surface area contributed by atoms with Crippen molar-refractivity contribution in [3.05, 3.63) is 29.8 Å². The molecule has 2 aliphatic rings. The average molecular weight is 316 g/mol. The maximum absolute atomic E-state index is 9.52. The second-order valence-electron chi connectivity index (χ2n) is 7.40. The third-order valence-corrected chi connectivity index (χ3v) is 5.68. The standard InChI is InChI=1S/C20H32N2O/c23-16-19-7-3-2-6-18(19)14-21-20-10-8-17(9-11-20)15-22-12-4-1-5-13-22/h8-11,18-19,21,23H,1-7,12-16H2. The fourth-order valence-electron chi connectivity index (χ4n) is 4.15. The zero-order valence-electron chi connectivity index (χ0n) is 14.3. The van der Waals surface area contributed by atoms with Crippen molar-refractivity contribution in [2.24, 2.45) is 11.8 Å². The van der Waals surface area contributed by atoms with Gasteiger partial charge >= 0.3 is 0 Å². The minimum atomic E-state index is 0.348. The van der Waals surface area contributed by atoms with Gasteiger partial charge in [-0.3, -0.25) is 4.90 Å². The van der Waals surface area contributed by atoms with Gasteiger partial charge in [0.2, 0.25) is 0 Å². The summed E-state index contributed by atoms with van der Waals surface area (Å²) in [4.78, 5) is 2.57. The van der Waals surface area contributed by atoms with E-state index in [9.17, 15) is 5.11 Å². The van der Waals surface area contributed by atoms with Crippen LogP contribution in [0, 0.1) is 11.8 Å². The van der Waals surface area contributed by atoms with Gasteiger partial charge in [0.15, 0.2) is 0 Å². The van der Waals surface area contributed by atoms with Crippen LogP contribution >= 0.6 is 0 Å². The van der Waals surface area contributed by atoms with E-state index in [-0.39, 0.29) is 0 Å². The molecule has 1 aliphatic heterocycles. The number of nitrogens with one attached hydrogen (secondary N) is 1. The van der Waals surface area contributed by atoms with E-state index in [1.807, 2.05) is 0 Å². The van der Waals surface area contributed by atoms with Crippen LogP contribution in [0.2, 0.25) is 0 Å². The Morgan fingerprint density at radius 1 is 0.913 bits per heavy atom. The van der Waals surface area contributed by atoms with Crippen LogP contribution in [0.5, 0.6) is 0 Å². The highest BCUT2D eigenvalue weighted by atomic mass is 16.3. The van der Waals surface area contributed by atoms with Gasteiger partial charge in [-0.25, -0.2) is 0 Å². The highest BCUT2D eigenvalue weighted by molar-refractivity contribution is 5.44. The topological polar surface area (TPSA) is 35.5 Å². The lowest BCUT2D eigenvalue weighted by Crippen LogP contribution is -2.29. The third kappa shape index (κ3) is 4.95. The summed E-state index contributed by atoms with van der Waals surface area (Å²) in [5, 5.41) is 13.1. The SMILES string of the molecule is OCC1CCCCC1CNc1ccc(CN2CCCCC2)cc1. The van der Waals surface area contributed by atoms with Crippen molar-refractivity contribution in [3.63, 3.8) is 0 Å². The van der Waals surface area contributed by atoms with Crippen molar-refractivity contribution in [3.8, 4) is 0 Å². The lowest BCUT2D eigenvalue weighted by Gasteiger charge is -2.30. The van der Waals surface area contributed by atoms with Crippen molar-refractivity contribution in [1.82, 2.24) is 4.90 Å². The summed E-state index contributed by atoms with van der Waals surface area (Å²) in [6.07, 6.45) is 9.16. The van der Waals surface area contributed by atoms with Crippen LogP contribution in [0.4, 0.5) is 5.69 Å². The van der Waals surface area contributed by atoms with Gasteiger partial charge in [-0.1, -0.05) is 31.4 Å². The summed E-state index contributed by atoms with van der Waals surface area (Å²) >= 11 is 0. The molecule has 1 saturated heterocycles. The van der Waals surface area contributed by atoms with Gasteiger partial charge in [0.1, 0.15) is 0 Å². The molecule has 1 saturated carbocycles. The van der Waals surface area contributed by atoms with Gasteiger partial charge < -0.3 is 10.4 Å². The van der Waals surface area contributed by atoms with Gasteiger partial charge in [0, 0.05) is 25.4 Å². The van der Waals surface area contributed by atoms with Crippen LogP contribution in [0.1, 0.15) is 50.5 Å². The number of likely N-dealkylation sites (tertiary alicyclic amines) is 1. The number of anilines is 1. The Morgan fingerprint density at radius 2 is 1.61 bits per heavy atom. The fourth-order valence-corrected chi connectivity index (χ4v) is 4.15. The molecular weight excluding hydrogens is 284 g/mol. The highest BCUT2D eigenvalue weighted by Crippen LogP contribution is 2.30. The molecule has 1 aromatic rings. The summed E-state index contributed by atoms with van der Waals surface area (Å²) in [6.45, 7) is 4.95. The lowest BCUT2D eigenvalue weighted by atomic mass is 9.79. The van der Waals surface area contributed by atoms with E-state index < -0.39 is 0 Å². The molecule has 0 radical (unpaired) electrons. The van der Waals surface area contributed by atoms with E-state index in [1.165, 1.54) is 69.3 Å². The maximum atomic E-state index is 9.52. The van der Waals surface area contributed by atoms with E-state index in [1.54, 1.807) is 0 Å². The molecule has 2 unspecified atom stereocenters. The largest absolute Gasteiger partial charge is 0.396 e. The zero-order valence-corrected chi connectivity index (χ0v) is 14.3. The molecule has 2 atom stereocenters. The van der Waals surface area contributed by atoms with Crippen LogP contribution in [-0.2, 0) is 6.54 Å². The molecular formula is C20H32N2O. The zero-order chi connectivity index (χ0) is 15.9. The van der Waals surface area contributed by atoms with E-state index in [0.29, 0.717) is 18.4 Å². The van der Waals surface area contributed by atoms with Crippen molar-refractivity contribution in [2.45, 2.75) is 51.5 Å². The first-order valence-electron chi connectivity index (χ1n) is 9.51. The van der Waals surface area contributed by atoms with E-state index in [2.05, 4.69) is 34.5 Å². The number of hydrogen-bond acceptors (Lipinski definition) is 3. The van der Waals surface area contributed by atoms with Crippen molar-refractivity contribution < 1.29 is 5.11 Å². The quantitative estimate of drug-likeness (QED) is 0.836. The minimum Gasteiger partial charge on any atom is -0.396 e. The van der Waals surface area contributed by atoms with E-state index >= 15 is 0 Å². The monoisotopic (exact) mass is 316 g/mol. The molecule has 0 aromatic heterocycles. The second kappa shape index (κ2) is 8.70. The number of benzene rings is 1. The van der Waals surface area contributed by atoms with Crippen molar-refractivity contribution >= 4 is 5.69 Å². The molecule has 0 amide bonds. The summed E-state index contributed by atoms with van der Waals surface area (Å²) in [7, 11) is 0. The first-order chi connectivity index (χ1) is 11.3. The molecule has 2 N–H and O–H groups in total. The Kier molecular flexibility index (Phi) is 6.35. The number of rotatable bonds is 6. The third-order valence-electron chi connectivity index (χ3n) is 5.68. The van der Waals surface area contributed by atoms with Crippen molar-refractivity contribution in [1.29, 1.82) is 0 Å². The Bertz CT molecular complexity index is 453. The summed E-state index contributed by atoms with van der Waals surface area (Å²) in [5.74, 6) is 1.12. The predicted molar refractivity (Wildman–Crippen MR) is 96.6 cm³/mol. The molecule has 3 rings (SSSR count). The highest BCUT2D eigenvalue weighted by Gasteiger charge is 2.24. The van der Waals surface area contributed by atoms with Crippen LogP contribution in [-0.4, -0.2) is 36.2 Å². The number of hydrogen-bond donors (Lipinski definition) is 2. The Labute approximate surface area is 141 Å². The van der Waals surface area contributed by atoms with Crippen LogP contribution < -0.4 is 5.32 Å². The smallest absolute Gasteiger partial charge is 0.0462 e. The molecule has 3 nitrogen and oxygen atoms in total. The van der Waals surface area contributed by atoms with Gasteiger partial charge in [-0.15, -0.1) is 0 Å². The van der Waals surface area contributed by atoms with E-state index in [4.69, 9.17) is 0 Å². The normalized spacial score (nSPS) is 26.1. The molecule has 0 spiro atoms. The first-order valence-corrected chi connectivity index (χ1v) is 9.51. The number of piperidine rings is 1. The summed E-state index contributed by atoms with van der Waals surface area (Å²) < 4.78 is 0. The first kappa shape index (κ1) is 16.8. The second-order valence-corrected chi connectivity index (χ2v) is 7.40. The van der Waals surface area contributed by atoms with Gasteiger partial charge in [0.05, 0.1) is 0 Å². The van der Waals surface area contributed by atoms with Crippen LogP contribution in [0.15, 0.2) is 24.3 Å². The molecule has 1 aliphatic carbocycles. The van der Waals surface area contributed by atoms with Crippen molar-refractivity contribution in [2.75, 3.05) is 31.6 Å². The van der Waals surface area contributed by atoms with Gasteiger partial charge in [0.25, 0.3) is 0 Å². The Hall–Kier alpha value is -1.06. The fraction of sp³-hybridized carbons (Fsp3) is 0.700. The minimum absolute atomic E-state index is 0.348. The summed E-state index contributed by atoms with van der Waals surface area (Å²) in [6, 6.07) is 8.97. The average Bonchev–Trinajstić information content (AvgIpc) is 2.62. The number of aliphatic hydroxyl groups excluding tert-OH is 1. The molecule has 2 fully saturated rings. The van der Waals surface area contributed by atoms with Crippen LogP contribution in [0.3, 0.4) is 0 Å². The molecule has 0 bridgehead atoms. The number of nitrogens with zero attached hydrogens (tertiary/aromatic N) is 1. The van der Waals surface area contributed by atoms with Gasteiger partial charge in [-0.05, 0) is 68.3 Å². The Morgan fingerprint density at radius 3 is 2.30 bits per heavy atom. The molecule has 23 heavy (non-hydrogen) atoms. The molecule has 128 valence electrons. The lowest BCUT2D eigenvalue weighted by molar-refractivity contribution is 0.141. The molecule has 1 aromatic carbocycles. The van der Waals surface area contributed by atoms with Crippen LogP contribution in [0.25, 0.3) is 0 Å². The Balaban J connectivity index is 1.47. The molecule has 3 heteroatoms. The molecule has 1 heterocycles. The number of aliphatic hydroxyl groups is 1.